The van der Waals surface area contributed by atoms with Crippen LogP contribution < -0.4 is 11.1 Å². The van der Waals surface area contributed by atoms with E-state index < -0.39 is 6.04 Å². The number of phenolic OH excluding ortho intramolecular Hbond substituents is 1. The summed E-state index contributed by atoms with van der Waals surface area (Å²) in [5.74, 6) is 0.631. The molecule has 0 aliphatic rings. The smallest absolute Gasteiger partial charge is 0.241 e. The van der Waals surface area contributed by atoms with Crippen molar-refractivity contribution in [1.82, 2.24) is 0 Å². The third-order valence-electron chi connectivity index (χ3n) is 3.09. The number of nitrogens with two attached hydrogens (primary N) is 1. The normalized spacial score (nSPS) is 12.4. The van der Waals surface area contributed by atoms with Crippen molar-refractivity contribution in [2.24, 2.45) is 5.73 Å². The first-order chi connectivity index (χ1) is 9.25. The van der Waals surface area contributed by atoms with Crippen LogP contribution >= 0.6 is 24.2 Å². The summed E-state index contributed by atoms with van der Waals surface area (Å²) in [7, 11) is 0. The molecule has 0 aliphatic heterocycles. The number of amides is 1. The van der Waals surface area contributed by atoms with Crippen LogP contribution in [0, 0.1) is 0 Å². The van der Waals surface area contributed by atoms with Gasteiger partial charge in [0.25, 0.3) is 0 Å². The highest BCUT2D eigenvalue weighted by Gasteiger charge is 2.18. The third-order valence-corrected chi connectivity index (χ3v) is 3.73. The molecule has 6 heteroatoms. The van der Waals surface area contributed by atoms with Crippen molar-refractivity contribution in [3.05, 3.63) is 23.8 Å². The van der Waals surface area contributed by atoms with Gasteiger partial charge in [-0.2, -0.15) is 11.8 Å². The molecule has 21 heavy (non-hydrogen) atoms. The highest BCUT2D eigenvalue weighted by atomic mass is 35.5. The molecule has 120 valence electrons. The number of halogens is 1. The fraction of sp³-hybridized carbons (Fsp3) is 0.533. The predicted molar refractivity (Wildman–Crippen MR) is 93.7 cm³/mol. The van der Waals surface area contributed by atoms with Gasteiger partial charge in [0.2, 0.25) is 5.91 Å². The van der Waals surface area contributed by atoms with E-state index in [-0.39, 0.29) is 29.5 Å². The van der Waals surface area contributed by atoms with Gasteiger partial charge in [0.1, 0.15) is 5.75 Å². The summed E-state index contributed by atoms with van der Waals surface area (Å²) in [5, 5.41) is 12.6. The maximum absolute atomic E-state index is 12.0. The number of benzene rings is 1. The summed E-state index contributed by atoms with van der Waals surface area (Å²) in [4.78, 5) is 12.0. The van der Waals surface area contributed by atoms with Gasteiger partial charge in [0.15, 0.2) is 0 Å². The minimum atomic E-state index is -0.555. The monoisotopic (exact) mass is 332 g/mol. The summed E-state index contributed by atoms with van der Waals surface area (Å²) >= 11 is 1.65. The number of hydrogen-bond acceptors (Lipinski definition) is 4. The van der Waals surface area contributed by atoms with E-state index in [9.17, 15) is 9.90 Å². The molecule has 0 saturated carbocycles. The van der Waals surface area contributed by atoms with Crippen molar-refractivity contribution in [1.29, 1.82) is 0 Å². The molecule has 1 aromatic rings. The first kappa shape index (κ1) is 20.1. The number of nitrogens with one attached hydrogen (secondary N) is 1. The lowest BCUT2D eigenvalue weighted by Crippen LogP contribution is -2.36. The van der Waals surface area contributed by atoms with Crippen molar-refractivity contribution in [3.63, 3.8) is 0 Å². The zero-order valence-electron chi connectivity index (χ0n) is 13.0. The molecule has 4 nitrogen and oxygen atoms in total. The van der Waals surface area contributed by atoms with Gasteiger partial charge < -0.3 is 16.2 Å². The number of carbonyl (C=O) groups excluding carboxylic acids is 1. The molecule has 0 fully saturated rings. The lowest BCUT2D eigenvalue weighted by Gasteiger charge is -2.21. The highest BCUT2D eigenvalue weighted by Crippen LogP contribution is 2.30. The number of carbonyl (C=O) groups is 1. The molecule has 0 bridgehead atoms. The fourth-order valence-corrected chi connectivity index (χ4v) is 2.19. The first-order valence-electron chi connectivity index (χ1n) is 6.64. The number of aromatic hydroxyl groups is 1. The molecule has 1 amide bonds. The molecule has 0 saturated heterocycles. The van der Waals surface area contributed by atoms with Crippen LogP contribution in [-0.2, 0) is 10.2 Å². The van der Waals surface area contributed by atoms with E-state index in [0.717, 1.165) is 11.3 Å². The molecule has 1 aromatic carbocycles. The first-order valence-corrected chi connectivity index (χ1v) is 8.04. The Morgan fingerprint density at radius 2 is 2.05 bits per heavy atom. The number of phenols is 1. The van der Waals surface area contributed by atoms with Crippen molar-refractivity contribution in [3.8, 4) is 5.75 Å². The lowest BCUT2D eigenvalue weighted by molar-refractivity contribution is -0.117. The summed E-state index contributed by atoms with van der Waals surface area (Å²) in [5.41, 5.74) is 7.23. The fourth-order valence-electron chi connectivity index (χ4n) is 1.70. The Balaban J connectivity index is 0.00000400. The Morgan fingerprint density at radius 3 is 2.57 bits per heavy atom. The summed E-state index contributed by atoms with van der Waals surface area (Å²) in [6.07, 6.45) is 2.59. The predicted octanol–water partition coefficient (Wildman–Crippen LogP) is 3.13. The zero-order chi connectivity index (χ0) is 15.3. The molecule has 1 rings (SSSR count). The quantitative estimate of drug-likeness (QED) is 0.724. The summed E-state index contributed by atoms with van der Waals surface area (Å²) < 4.78 is 0. The van der Waals surface area contributed by atoms with Crippen LogP contribution in [0.2, 0.25) is 0 Å². The average molecular weight is 333 g/mol. The Morgan fingerprint density at radius 1 is 1.43 bits per heavy atom. The Kier molecular flexibility index (Phi) is 8.14. The van der Waals surface area contributed by atoms with Crippen molar-refractivity contribution in [2.45, 2.75) is 38.6 Å². The minimum absolute atomic E-state index is 0. The van der Waals surface area contributed by atoms with Gasteiger partial charge in [0, 0.05) is 0 Å². The number of rotatable bonds is 5. The second kappa shape index (κ2) is 8.51. The molecule has 1 atom stereocenters. The summed E-state index contributed by atoms with van der Waals surface area (Å²) in [6, 6.07) is 4.71. The van der Waals surface area contributed by atoms with Gasteiger partial charge in [0.05, 0.1) is 11.7 Å². The van der Waals surface area contributed by atoms with Crippen molar-refractivity contribution < 1.29 is 9.90 Å². The largest absolute Gasteiger partial charge is 0.506 e. The van der Waals surface area contributed by atoms with E-state index in [4.69, 9.17) is 5.73 Å². The maximum atomic E-state index is 12.0. The van der Waals surface area contributed by atoms with E-state index >= 15 is 0 Å². The highest BCUT2D eigenvalue weighted by molar-refractivity contribution is 7.98. The molecule has 0 aromatic heterocycles. The molecule has 0 radical (unpaired) electrons. The van der Waals surface area contributed by atoms with Gasteiger partial charge in [-0.05, 0) is 41.5 Å². The van der Waals surface area contributed by atoms with Crippen LogP contribution in [0.4, 0.5) is 5.69 Å². The lowest BCUT2D eigenvalue weighted by atomic mass is 9.87. The van der Waals surface area contributed by atoms with Crippen molar-refractivity contribution in [2.75, 3.05) is 17.3 Å². The van der Waals surface area contributed by atoms with Gasteiger partial charge in [-0.3, -0.25) is 4.79 Å². The van der Waals surface area contributed by atoms with Gasteiger partial charge in [-0.15, -0.1) is 12.4 Å². The van der Waals surface area contributed by atoms with Crippen LogP contribution in [0.3, 0.4) is 0 Å². The standard InChI is InChI=1S/C15H24N2O2S.ClH/c1-15(2,3)10-5-6-13(18)12(9-10)17-14(19)11(16)7-8-20-4;/h5-6,9,11,18H,7-8,16H2,1-4H3,(H,17,19);1H. The van der Waals surface area contributed by atoms with Crippen LogP contribution in [0.15, 0.2) is 18.2 Å². The molecular formula is C15H25ClN2O2S. The van der Waals surface area contributed by atoms with Crippen LogP contribution in [0.25, 0.3) is 0 Å². The molecule has 4 N–H and O–H groups in total. The SMILES string of the molecule is CSCCC(N)C(=O)Nc1cc(C(C)(C)C)ccc1O.Cl. The number of anilines is 1. The zero-order valence-corrected chi connectivity index (χ0v) is 14.6. The van der Waals surface area contributed by atoms with Crippen molar-refractivity contribution >= 4 is 35.8 Å². The Bertz CT molecular complexity index is 475. The van der Waals surface area contributed by atoms with Gasteiger partial charge >= 0.3 is 0 Å². The Hall–Kier alpha value is -0.910. The second-order valence-corrected chi connectivity index (χ2v) is 6.84. The summed E-state index contributed by atoms with van der Waals surface area (Å²) in [6.45, 7) is 6.24. The van der Waals surface area contributed by atoms with E-state index in [1.807, 2.05) is 12.3 Å². The van der Waals surface area contributed by atoms with E-state index in [1.165, 1.54) is 0 Å². The van der Waals surface area contributed by atoms with Crippen LogP contribution in [0.5, 0.6) is 5.75 Å². The third kappa shape index (κ3) is 6.16. The average Bonchev–Trinajstić information content (AvgIpc) is 2.37. The van der Waals surface area contributed by atoms with E-state index in [2.05, 4.69) is 26.1 Å². The molecule has 0 heterocycles. The number of thioether (sulfide) groups is 1. The Labute approximate surface area is 137 Å². The van der Waals surface area contributed by atoms with Crippen LogP contribution in [0.1, 0.15) is 32.8 Å². The van der Waals surface area contributed by atoms with Crippen LogP contribution in [-0.4, -0.2) is 29.1 Å². The molecule has 0 spiro atoms. The van der Waals surface area contributed by atoms with E-state index in [1.54, 1.807) is 23.9 Å². The maximum Gasteiger partial charge on any atom is 0.241 e. The van der Waals surface area contributed by atoms with E-state index in [0.29, 0.717) is 12.1 Å². The molecular weight excluding hydrogens is 308 g/mol. The second-order valence-electron chi connectivity index (χ2n) is 5.86. The van der Waals surface area contributed by atoms with Gasteiger partial charge in [-0.25, -0.2) is 0 Å². The molecule has 1 unspecified atom stereocenters. The minimum Gasteiger partial charge on any atom is -0.506 e. The molecule has 0 aliphatic carbocycles. The number of hydrogen-bond donors (Lipinski definition) is 3. The van der Waals surface area contributed by atoms with Gasteiger partial charge in [-0.1, -0.05) is 26.8 Å². The topological polar surface area (TPSA) is 75.4 Å².